The average Bonchev–Trinajstić information content (AvgIpc) is 2.79. The summed E-state index contributed by atoms with van der Waals surface area (Å²) in [7, 11) is -3.99. The van der Waals surface area contributed by atoms with Gasteiger partial charge in [0.2, 0.25) is 9.84 Å². The maximum Gasteiger partial charge on any atom is 0.321 e. The Hall–Kier alpha value is -2.34. The monoisotopic (exact) mass is 489 g/mol. The Balaban J connectivity index is 1.63. The first-order valence-electron chi connectivity index (χ1n) is 9.68. The number of carbonyl (C=O) groups excluding carboxylic acids is 1. The van der Waals surface area contributed by atoms with E-state index >= 15 is 4.39 Å². The van der Waals surface area contributed by atoms with Crippen molar-refractivity contribution >= 4 is 33.2 Å². The molecule has 1 aromatic heterocycles. The number of anilines is 1. The maximum absolute atomic E-state index is 15.5. The van der Waals surface area contributed by atoms with E-state index in [2.05, 4.69) is 10.3 Å². The van der Waals surface area contributed by atoms with Crippen molar-refractivity contribution in [1.82, 2.24) is 9.88 Å². The van der Waals surface area contributed by atoms with Crippen LogP contribution in [0, 0.1) is 0 Å². The number of hydrogen-bond acceptors (Lipinski definition) is 6. The molecule has 1 fully saturated rings. The lowest BCUT2D eigenvalue weighted by Crippen LogP contribution is -2.45. The van der Waals surface area contributed by atoms with Gasteiger partial charge in [0.15, 0.2) is 11.7 Å². The Labute approximate surface area is 188 Å². The lowest BCUT2D eigenvalue weighted by molar-refractivity contribution is 0.0679. The van der Waals surface area contributed by atoms with Gasteiger partial charge in [-0.05, 0) is 30.3 Å². The Bertz CT molecular complexity index is 1080. The first-order chi connectivity index (χ1) is 15.1. The smallest absolute Gasteiger partial charge is 0.321 e. The van der Waals surface area contributed by atoms with Crippen LogP contribution in [0.25, 0.3) is 0 Å². The fourth-order valence-electron chi connectivity index (χ4n) is 3.38. The number of pyridine rings is 1. The predicted molar refractivity (Wildman–Crippen MR) is 114 cm³/mol. The summed E-state index contributed by atoms with van der Waals surface area (Å²) >= 11 is 6.16. The first kappa shape index (κ1) is 24.3. The quantitative estimate of drug-likeness (QED) is 0.574. The zero-order valence-electron chi connectivity index (χ0n) is 16.8. The normalized spacial score (nSPS) is 17.1. The topological polar surface area (TPSA) is 120 Å². The van der Waals surface area contributed by atoms with Gasteiger partial charge in [0.25, 0.3) is 0 Å². The highest BCUT2D eigenvalue weighted by Crippen LogP contribution is 2.40. The lowest BCUT2D eigenvalue weighted by atomic mass is 9.89. The number of likely N-dealkylation sites (tertiary alicyclic amines) is 1. The van der Waals surface area contributed by atoms with Gasteiger partial charge in [-0.3, -0.25) is 4.98 Å². The number of piperidine rings is 1. The van der Waals surface area contributed by atoms with Gasteiger partial charge in [-0.25, -0.2) is 22.0 Å². The van der Waals surface area contributed by atoms with Gasteiger partial charge in [-0.2, -0.15) is 0 Å². The van der Waals surface area contributed by atoms with Crippen molar-refractivity contribution < 1.29 is 32.2 Å². The van der Waals surface area contributed by atoms with Gasteiger partial charge in [0.1, 0.15) is 6.10 Å². The summed E-state index contributed by atoms with van der Waals surface area (Å²) in [6, 6.07) is 4.43. The van der Waals surface area contributed by atoms with Gasteiger partial charge in [-0.15, -0.1) is 0 Å². The minimum atomic E-state index is -3.99. The predicted octanol–water partition coefficient (Wildman–Crippen LogP) is 2.95. The molecular weight excluding hydrogens is 468 g/mol. The lowest BCUT2D eigenvalue weighted by Gasteiger charge is -2.36. The Morgan fingerprint density at radius 2 is 1.91 bits per heavy atom. The molecule has 1 aliphatic heterocycles. The third-order valence-electron chi connectivity index (χ3n) is 5.30. The van der Waals surface area contributed by atoms with Crippen molar-refractivity contribution in [3.05, 3.63) is 52.8 Å². The average molecular weight is 490 g/mol. The molecule has 1 aromatic carbocycles. The number of benzene rings is 1. The summed E-state index contributed by atoms with van der Waals surface area (Å²) in [6.07, 6.45) is -0.0120. The van der Waals surface area contributed by atoms with Crippen LogP contribution in [0.4, 0.5) is 19.3 Å². The number of sulfone groups is 1. The van der Waals surface area contributed by atoms with Crippen LogP contribution in [0.3, 0.4) is 0 Å². The van der Waals surface area contributed by atoms with Crippen molar-refractivity contribution in [1.29, 1.82) is 0 Å². The molecule has 1 atom stereocenters. The number of amides is 2. The van der Waals surface area contributed by atoms with Crippen molar-refractivity contribution in [2.45, 2.75) is 29.5 Å². The van der Waals surface area contributed by atoms with Crippen LogP contribution in [0.15, 0.2) is 41.4 Å². The number of carbonyl (C=O) groups is 1. The molecule has 0 saturated carbocycles. The molecule has 0 radical (unpaired) electrons. The summed E-state index contributed by atoms with van der Waals surface area (Å²) in [5.41, 5.74) is -1.27. The second-order valence-corrected chi connectivity index (χ2v) is 9.75. The van der Waals surface area contributed by atoms with E-state index in [1.165, 1.54) is 41.4 Å². The summed E-state index contributed by atoms with van der Waals surface area (Å²) < 4.78 is 51.1. The van der Waals surface area contributed by atoms with E-state index in [9.17, 15) is 22.7 Å². The number of rotatable bonds is 6. The van der Waals surface area contributed by atoms with Crippen molar-refractivity contribution in [2.75, 3.05) is 31.0 Å². The molecule has 0 unspecified atom stereocenters. The Kier molecular flexibility index (Phi) is 7.33. The highest BCUT2D eigenvalue weighted by molar-refractivity contribution is 7.91. The SMILES string of the molecule is O=C(Nc1ccc(S(=O)(=O)CF)cc1)N1CCC(F)(c2ncc([C@H](O)CO)cc2Cl)CC1. The highest BCUT2D eigenvalue weighted by atomic mass is 35.5. The minimum absolute atomic E-state index is 0.0118. The molecule has 8 nitrogen and oxygen atoms in total. The van der Waals surface area contributed by atoms with E-state index in [4.69, 9.17) is 16.7 Å². The molecule has 3 rings (SSSR count). The third kappa shape index (κ3) is 5.17. The van der Waals surface area contributed by atoms with Gasteiger partial charge in [0.05, 0.1) is 22.2 Å². The number of nitrogens with zero attached hydrogens (tertiary/aromatic N) is 2. The van der Waals surface area contributed by atoms with Gasteiger partial charge < -0.3 is 20.4 Å². The van der Waals surface area contributed by atoms with Crippen LogP contribution in [-0.2, 0) is 15.5 Å². The molecule has 12 heteroatoms. The van der Waals surface area contributed by atoms with Crippen LogP contribution >= 0.6 is 11.6 Å². The van der Waals surface area contributed by atoms with Crippen LogP contribution in [-0.4, -0.2) is 60.2 Å². The molecule has 32 heavy (non-hydrogen) atoms. The summed E-state index contributed by atoms with van der Waals surface area (Å²) in [5.74, 6) is 0. The fourth-order valence-corrected chi connectivity index (χ4v) is 4.40. The van der Waals surface area contributed by atoms with E-state index in [-0.39, 0.29) is 47.1 Å². The Morgan fingerprint density at radius 1 is 1.28 bits per heavy atom. The number of alkyl halides is 2. The van der Waals surface area contributed by atoms with Crippen molar-refractivity contribution in [3.63, 3.8) is 0 Å². The standard InChI is InChI=1S/C20H22ClF2N3O5S/c21-16-9-13(17(28)11-27)10-24-18(16)20(23)5-7-26(8-6-20)19(29)25-14-1-3-15(4-2-14)32(30,31)12-22/h1-4,9-10,17,27-28H,5-8,11-12H2,(H,25,29)/t17-/m1/s1. The summed E-state index contributed by atoms with van der Waals surface area (Å²) in [4.78, 5) is 17.7. The summed E-state index contributed by atoms with van der Waals surface area (Å²) in [5, 5.41) is 21.3. The maximum atomic E-state index is 15.5. The molecule has 0 aliphatic carbocycles. The van der Waals surface area contributed by atoms with Crippen LogP contribution in [0.5, 0.6) is 0 Å². The van der Waals surface area contributed by atoms with E-state index in [1.807, 2.05) is 0 Å². The first-order valence-corrected chi connectivity index (χ1v) is 11.7. The van der Waals surface area contributed by atoms with Crippen molar-refractivity contribution in [3.8, 4) is 0 Å². The molecular formula is C20H22ClF2N3O5S. The van der Waals surface area contributed by atoms with E-state index in [0.29, 0.717) is 5.69 Å². The largest absolute Gasteiger partial charge is 0.393 e. The number of nitrogens with one attached hydrogen (secondary N) is 1. The number of aliphatic hydroxyl groups is 2. The minimum Gasteiger partial charge on any atom is -0.393 e. The van der Waals surface area contributed by atoms with E-state index in [1.54, 1.807) is 0 Å². The molecule has 174 valence electrons. The molecule has 2 aromatic rings. The van der Waals surface area contributed by atoms with Gasteiger partial charge >= 0.3 is 6.03 Å². The van der Waals surface area contributed by atoms with Crippen LogP contribution < -0.4 is 5.32 Å². The molecule has 3 N–H and O–H groups in total. The summed E-state index contributed by atoms with van der Waals surface area (Å²) in [6.45, 7) is -0.359. The van der Waals surface area contributed by atoms with E-state index < -0.39 is 40.3 Å². The number of aliphatic hydroxyl groups excluding tert-OH is 2. The number of halogens is 3. The van der Waals surface area contributed by atoms with E-state index in [0.717, 1.165) is 0 Å². The van der Waals surface area contributed by atoms with Crippen LogP contribution in [0.1, 0.15) is 30.2 Å². The molecule has 0 bridgehead atoms. The van der Waals surface area contributed by atoms with Gasteiger partial charge in [0, 0.05) is 43.4 Å². The van der Waals surface area contributed by atoms with Crippen LogP contribution in [0.2, 0.25) is 5.02 Å². The fraction of sp³-hybridized carbons (Fsp3) is 0.400. The zero-order valence-corrected chi connectivity index (χ0v) is 18.4. The molecule has 2 heterocycles. The highest BCUT2D eigenvalue weighted by Gasteiger charge is 2.40. The number of aromatic nitrogens is 1. The Morgan fingerprint density at radius 3 is 2.44 bits per heavy atom. The molecule has 1 aliphatic rings. The second-order valence-electron chi connectivity index (χ2n) is 7.43. The van der Waals surface area contributed by atoms with Crippen molar-refractivity contribution in [2.24, 2.45) is 0 Å². The van der Waals surface area contributed by atoms with Gasteiger partial charge in [-0.1, -0.05) is 11.6 Å². The second kappa shape index (κ2) is 9.65. The number of hydrogen-bond donors (Lipinski definition) is 3. The molecule has 2 amide bonds. The third-order valence-corrected chi connectivity index (χ3v) is 6.86. The molecule has 1 saturated heterocycles. The molecule has 0 spiro atoms. The zero-order chi connectivity index (χ0) is 23.5. The number of urea groups is 1.